The number of nitrogens with zero attached hydrogens (tertiary/aromatic N) is 4. The molecule has 0 fully saturated rings. The minimum absolute atomic E-state index is 0.282. The minimum Gasteiger partial charge on any atom is -0.331 e. The summed E-state index contributed by atoms with van der Waals surface area (Å²) in [4.78, 5) is 10.2. The van der Waals surface area contributed by atoms with Crippen molar-refractivity contribution in [2.45, 2.75) is 6.92 Å². The first-order valence-corrected chi connectivity index (χ1v) is 5.68. The van der Waals surface area contributed by atoms with Gasteiger partial charge < -0.3 is 4.90 Å². The highest BCUT2D eigenvalue weighted by Gasteiger charge is 2.04. The van der Waals surface area contributed by atoms with E-state index in [1.54, 1.807) is 24.3 Å². The second kappa shape index (κ2) is 5.28. The van der Waals surface area contributed by atoms with Crippen molar-refractivity contribution in [3.05, 3.63) is 42.2 Å². The van der Waals surface area contributed by atoms with Crippen LogP contribution in [0.4, 0.5) is 5.95 Å². The average Bonchev–Trinajstić information content (AvgIpc) is 2.39. The number of benzene rings is 1. The molecule has 0 aliphatic heterocycles. The SMILES string of the molecule is Cc1cccc(-c2cnc(N(C)CC#N)nc2)c1. The Balaban J connectivity index is 2.25. The molecule has 90 valence electrons. The number of hydrogen-bond donors (Lipinski definition) is 0. The molecule has 1 heterocycles. The normalized spacial score (nSPS) is 9.83. The van der Waals surface area contributed by atoms with Crippen molar-refractivity contribution in [2.24, 2.45) is 0 Å². The second-order valence-corrected chi connectivity index (χ2v) is 4.16. The summed E-state index contributed by atoms with van der Waals surface area (Å²) in [5.41, 5.74) is 3.29. The highest BCUT2D eigenvalue weighted by Crippen LogP contribution is 2.19. The van der Waals surface area contributed by atoms with E-state index >= 15 is 0 Å². The molecule has 0 amide bonds. The zero-order valence-electron chi connectivity index (χ0n) is 10.5. The van der Waals surface area contributed by atoms with Gasteiger partial charge in [0.15, 0.2) is 0 Å². The molecule has 4 heteroatoms. The van der Waals surface area contributed by atoms with Crippen LogP contribution in [0.1, 0.15) is 5.56 Å². The fourth-order valence-electron chi connectivity index (χ4n) is 1.67. The molecular weight excluding hydrogens is 224 g/mol. The van der Waals surface area contributed by atoms with E-state index in [0.717, 1.165) is 11.1 Å². The summed E-state index contributed by atoms with van der Waals surface area (Å²) in [5.74, 6) is 0.563. The molecule has 2 aromatic rings. The largest absolute Gasteiger partial charge is 0.331 e. The van der Waals surface area contributed by atoms with Crippen molar-refractivity contribution >= 4 is 5.95 Å². The number of aryl methyl sites for hydroxylation is 1. The molecule has 1 aromatic heterocycles. The maximum absolute atomic E-state index is 8.61. The summed E-state index contributed by atoms with van der Waals surface area (Å²) >= 11 is 0. The van der Waals surface area contributed by atoms with Crippen LogP contribution in [0, 0.1) is 18.3 Å². The van der Waals surface area contributed by atoms with E-state index in [9.17, 15) is 0 Å². The molecule has 0 unspecified atom stereocenters. The Morgan fingerprint density at radius 1 is 1.22 bits per heavy atom. The van der Waals surface area contributed by atoms with Crippen molar-refractivity contribution < 1.29 is 0 Å². The van der Waals surface area contributed by atoms with Gasteiger partial charge in [-0.2, -0.15) is 5.26 Å². The predicted octanol–water partition coefficient (Wildman–Crippen LogP) is 2.41. The van der Waals surface area contributed by atoms with Crippen LogP contribution >= 0.6 is 0 Å². The molecule has 0 aliphatic rings. The summed E-state index contributed by atoms with van der Waals surface area (Å²) in [6.07, 6.45) is 3.57. The van der Waals surface area contributed by atoms with Crippen molar-refractivity contribution in [3.63, 3.8) is 0 Å². The van der Waals surface area contributed by atoms with Crippen molar-refractivity contribution in [1.82, 2.24) is 9.97 Å². The number of aromatic nitrogens is 2. The zero-order valence-corrected chi connectivity index (χ0v) is 10.5. The molecule has 0 saturated carbocycles. The van der Waals surface area contributed by atoms with Crippen LogP contribution in [0.2, 0.25) is 0 Å². The van der Waals surface area contributed by atoms with Crippen molar-refractivity contribution in [2.75, 3.05) is 18.5 Å². The Hall–Kier alpha value is -2.41. The molecule has 0 radical (unpaired) electrons. The monoisotopic (exact) mass is 238 g/mol. The molecule has 1 aromatic carbocycles. The Bertz CT molecular complexity index is 569. The summed E-state index contributed by atoms with van der Waals surface area (Å²) < 4.78 is 0. The van der Waals surface area contributed by atoms with Crippen LogP contribution in [0.25, 0.3) is 11.1 Å². The molecular formula is C14H14N4. The Morgan fingerprint density at radius 2 is 1.94 bits per heavy atom. The summed E-state index contributed by atoms with van der Waals surface area (Å²) in [5, 5.41) is 8.61. The number of rotatable bonds is 3. The quantitative estimate of drug-likeness (QED) is 0.770. The molecule has 0 saturated heterocycles. The Morgan fingerprint density at radius 3 is 2.56 bits per heavy atom. The van der Waals surface area contributed by atoms with Gasteiger partial charge in [0, 0.05) is 25.0 Å². The van der Waals surface area contributed by atoms with Gasteiger partial charge in [0.1, 0.15) is 6.54 Å². The molecule has 0 bridgehead atoms. The average molecular weight is 238 g/mol. The molecule has 0 N–H and O–H groups in total. The fraction of sp³-hybridized carbons (Fsp3) is 0.214. The van der Waals surface area contributed by atoms with Crippen LogP contribution in [-0.2, 0) is 0 Å². The first kappa shape index (κ1) is 12.1. The standard InChI is InChI=1S/C14H14N4/c1-11-4-3-5-12(8-11)13-9-16-14(17-10-13)18(2)7-6-15/h3-5,8-10H,7H2,1-2H3. The van der Waals surface area contributed by atoms with Gasteiger partial charge in [0.05, 0.1) is 6.07 Å². The molecule has 4 nitrogen and oxygen atoms in total. The Labute approximate surface area is 107 Å². The van der Waals surface area contributed by atoms with E-state index in [1.807, 2.05) is 12.1 Å². The van der Waals surface area contributed by atoms with Crippen LogP contribution in [0.5, 0.6) is 0 Å². The van der Waals surface area contributed by atoms with Gasteiger partial charge in [-0.15, -0.1) is 0 Å². The van der Waals surface area contributed by atoms with E-state index in [1.165, 1.54) is 5.56 Å². The molecule has 0 aliphatic carbocycles. The van der Waals surface area contributed by atoms with Crippen molar-refractivity contribution in [1.29, 1.82) is 5.26 Å². The van der Waals surface area contributed by atoms with E-state index < -0.39 is 0 Å². The Kier molecular flexibility index (Phi) is 3.54. The number of anilines is 1. The van der Waals surface area contributed by atoms with Crippen LogP contribution < -0.4 is 4.90 Å². The maximum Gasteiger partial charge on any atom is 0.225 e. The first-order chi connectivity index (χ1) is 8.70. The van der Waals surface area contributed by atoms with Gasteiger partial charge >= 0.3 is 0 Å². The van der Waals surface area contributed by atoms with Crippen molar-refractivity contribution in [3.8, 4) is 17.2 Å². The summed E-state index contributed by atoms with van der Waals surface area (Å²) in [6, 6.07) is 10.3. The highest BCUT2D eigenvalue weighted by atomic mass is 15.2. The van der Waals surface area contributed by atoms with Gasteiger partial charge in [0.25, 0.3) is 0 Å². The third-order valence-electron chi connectivity index (χ3n) is 2.64. The van der Waals surface area contributed by atoms with Gasteiger partial charge in [-0.25, -0.2) is 9.97 Å². The molecule has 2 rings (SSSR count). The topological polar surface area (TPSA) is 52.8 Å². The first-order valence-electron chi connectivity index (χ1n) is 5.68. The lowest BCUT2D eigenvalue weighted by Crippen LogP contribution is -2.19. The van der Waals surface area contributed by atoms with Gasteiger partial charge in [-0.1, -0.05) is 29.8 Å². The summed E-state index contributed by atoms with van der Waals surface area (Å²) in [7, 11) is 1.80. The van der Waals surface area contributed by atoms with Gasteiger partial charge in [0.2, 0.25) is 5.95 Å². The maximum atomic E-state index is 8.61. The van der Waals surface area contributed by atoms with Crippen LogP contribution in [0.15, 0.2) is 36.7 Å². The van der Waals surface area contributed by atoms with E-state index in [0.29, 0.717) is 5.95 Å². The van der Waals surface area contributed by atoms with E-state index in [2.05, 4.69) is 35.1 Å². The lowest BCUT2D eigenvalue weighted by molar-refractivity contribution is 0.947. The van der Waals surface area contributed by atoms with Gasteiger partial charge in [-0.3, -0.25) is 0 Å². The van der Waals surface area contributed by atoms with Crippen LogP contribution in [-0.4, -0.2) is 23.6 Å². The van der Waals surface area contributed by atoms with Crippen LogP contribution in [0.3, 0.4) is 0 Å². The predicted molar refractivity (Wildman–Crippen MR) is 71.1 cm³/mol. The fourth-order valence-corrected chi connectivity index (χ4v) is 1.67. The zero-order chi connectivity index (χ0) is 13.0. The highest BCUT2D eigenvalue weighted by molar-refractivity contribution is 5.62. The third-order valence-corrected chi connectivity index (χ3v) is 2.64. The lowest BCUT2D eigenvalue weighted by atomic mass is 10.1. The lowest BCUT2D eigenvalue weighted by Gasteiger charge is -2.12. The van der Waals surface area contributed by atoms with E-state index in [4.69, 9.17) is 5.26 Å². The smallest absolute Gasteiger partial charge is 0.225 e. The summed E-state index contributed by atoms with van der Waals surface area (Å²) in [6.45, 7) is 2.34. The minimum atomic E-state index is 0.282. The third kappa shape index (κ3) is 2.64. The second-order valence-electron chi connectivity index (χ2n) is 4.16. The number of nitriles is 1. The molecule has 0 atom stereocenters. The van der Waals surface area contributed by atoms with E-state index in [-0.39, 0.29) is 6.54 Å². The van der Waals surface area contributed by atoms with Gasteiger partial charge in [-0.05, 0) is 12.5 Å². The molecule has 18 heavy (non-hydrogen) atoms. The number of hydrogen-bond acceptors (Lipinski definition) is 4. The molecule has 0 spiro atoms.